The smallest absolute Gasteiger partial charge is 0.251 e. The molecule has 0 aromatic rings. The van der Waals surface area contributed by atoms with E-state index >= 15 is 0 Å². The van der Waals surface area contributed by atoms with Crippen LogP contribution < -0.4 is 5.32 Å². The number of hydrogen-bond donors (Lipinski definition) is 1. The molecule has 17 heavy (non-hydrogen) atoms. The summed E-state index contributed by atoms with van der Waals surface area (Å²) in [5, 5.41) is 12.4. The van der Waals surface area contributed by atoms with Crippen molar-refractivity contribution < 1.29 is 8.78 Å². The van der Waals surface area contributed by atoms with Gasteiger partial charge in [-0.05, 0) is 46.2 Å². The zero-order valence-corrected chi connectivity index (χ0v) is 10.5. The minimum absolute atomic E-state index is 0.195. The van der Waals surface area contributed by atoms with Gasteiger partial charge in [-0.3, -0.25) is 5.32 Å². The molecule has 0 aromatic carbocycles. The van der Waals surface area contributed by atoms with Gasteiger partial charge in [0.25, 0.3) is 6.43 Å². The van der Waals surface area contributed by atoms with Crippen LogP contribution in [0.3, 0.4) is 0 Å². The Bertz CT molecular complexity index is 273. The van der Waals surface area contributed by atoms with Crippen LogP contribution in [0.1, 0.15) is 32.6 Å². The molecule has 0 aromatic heterocycles. The van der Waals surface area contributed by atoms with Gasteiger partial charge in [0.2, 0.25) is 0 Å². The van der Waals surface area contributed by atoms with E-state index in [0.29, 0.717) is 19.0 Å². The van der Waals surface area contributed by atoms with E-state index in [0.717, 1.165) is 19.3 Å². The van der Waals surface area contributed by atoms with E-state index in [2.05, 4.69) is 11.4 Å². The van der Waals surface area contributed by atoms with Crippen molar-refractivity contribution in [2.75, 3.05) is 20.1 Å². The van der Waals surface area contributed by atoms with Crippen LogP contribution in [-0.4, -0.2) is 43.0 Å². The molecule has 0 saturated heterocycles. The highest BCUT2D eigenvalue weighted by Gasteiger charge is 2.32. The van der Waals surface area contributed by atoms with Crippen LogP contribution in [0, 0.1) is 11.3 Å². The maximum Gasteiger partial charge on any atom is 0.251 e. The van der Waals surface area contributed by atoms with E-state index in [1.165, 1.54) is 0 Å². The average Bonchev–Trinajstić information content (AvgIpc) is 3.00. The third-order valence-electron chi connectivity index (χ3n) is 3.01. The number of nitrogens with zero attached hydrogens (tertiary/aromatic N) is 2. The molecule has 1 atom stereocenters. The maximum absolute atomic E-state index is 12.1. The Hall–Kier alpha value is -0.730. The zero-order chi connectivity index (χ0) is 12.9. The SMILES string of the molecule is CN(CCCC(C)(C#N)NC1CC1)CC(F)F. The topological polar surface area (TPSA) is 39.1 Å². The van der Waals surface area contributed by atoms with Gasteiger partial charge >= 0.3 is 0 Å². The van der Waals surface area contributed by atoms with Crippen molar-refractivity contribution in [2.45, 2.75) is 50.6 Å². The van der Waals surface area contributed by atoms with E-state index in [1.807, 2.05) is 6.92 Å². The quantitative estimate of drug-likeness (QED) is 0.711. The average molecular weight is 245 g/mol. The number of halogens is 2. The van der Waals surface area contributed by atoms with E-state index in [-0.39, 0.29) is 6.54 Å². The molecule has 0 radical (unpaired) electrons. The molecular formula is C12H21F2N3. The van der Waals surface area contributed by atoms with Crippen LogP contribution in [0.4, 0.5) is 8.78 Å². The largest absolute Gasteiger partial charge is 0.301 e. The fourth-order valence-corrected chi connectivity index (χ4v) is 1.87. The lowest BCUT2D eigenvalue weighted by atomic mass is 9.97. The number of alkyl halides is 2. The summed E-state index contributed by atoms with van der Waals surface area (Å²) in [5.41, 5.74) is -0.507. The molecule has 1 saturated carbocycles. The van der Waals surface area contributed by atoms with E-state index in [4.69, 9.17) is 5.26 Å². The second-order valence-electron chi connectivity index (χ2n) is 5.12. The molecule has 98 valence electrons. The van der Waals surface area contributed by atoms with E-state index in [9.17, 15) is 8.78 Å². The molecule has 0 heterocycles. The van der Waals surface area contributed by atoms with Gasteiger partial charge in [-0.2, -0.15) is 5.26 Å². The molecule has 1 unspecified atom stereocenters. The molecule has 1 fully saturated rings. The molecule has 1 aliphatic rings. The van der Waals surface area contributed by atoms with Crippen molar-refractivity contribution in [3.63, 3.8) is 0 Å². The molecule has 1 rings (SSSR count). The molecule has 0 spiro atoms. The highest BCUT2D eigenvalue weighted by Crippen LogP contribution is 2.24. The summed E-state index contributed by atoms with van der Waals surface area (Å²) >= 11 is 0. The molecule has 1 N–H and O–H groups in total. The summed E-state index contributed by atoms with van der Waals surface area (Å²) in [5.74, 6) is 0. The fourth-order valence-electron chi connectivity index (χ4n) is 1.87. The Kier molecular flexibility index (Phi) is 5.29. The third-order valence-corrected chi connectivity index (χ3v) is 3.01. The first-order valence-electron chi connectivity index (χ1n) is 6.11. The molecular weight excluding hydrogens is 224 g/mol. The molecule has 0 aliphatic heterocycles. The standard InChI is InChI=1S/C12H21F2N3/c1-12(9-15,16-10-4-5-10)6-3-7-17(2)8-11(13)14/h10-11,16H,3-8H2,1-2H3. The summed E-state index contributed by atoms with van der Waals surface area (Å²) in [4.78, 5) is 1.61. The normalized spacial score (nSPS) is 19.4. The Labute approximate surface area is 102 Å². The van der Waals surface area contributed by atoms with Crippen molar-refractivity contribution >= 4 is 0 Å². The Morgan fingerprint density at radius 1 is 1.53 bits per heavy atom. The maximum atomic E-state index is 12.1. The van der Waals surface area contributed by atoms with Gasteiger partial charge in [0.15, 0.2) is 0 Å². The van der Waals surface area contributed by atoms with Crippen molar-refractivity contribution in [2.24, 2.45) is 0 Å². The van der Waals surface area contributed by atoms with E-state index in [1.54, 1.807) is 11.9 Å². The van der Waals surface area contributed by atoms with Crippen LogP contribution in [0.15, 0.2) is 0 Å². The Morgan fingerprint density at radius 2 is 2.18 bits per heavy atom. The van der Waals surface area contributed by atoms with Gasteiger partial charge < -0.3 is 4.90 Å². The molecule has 3 nitrogen and oxygen atoms in total. The summed E-state index contributed by atoms with van der Waals surface area (Å²) in [7, 11) is 1.68. The van der Waals surface area contributed by atoms with Gasteiger partial charge in [0, 0.05) is 6.04 Å². The molecule has 0 amide bonds. The lowest BCUT2D eigenvalue weighted by Gasteiger charge is -2.24. The predicted molar refractivity (Wildman–Crippen MR) is 62.9 cm³/mol. The highest BCUT2D eigenvalue weighted by atomic mass is 19.3. The number of hydrogen-bond acceptors (Lipinski definition) is 3. The van der Waals surface area contributed by atoms with Gasteiger partial charge in [-0.25, -0.2) is 8.78 Å². The minimum Gasteiger partial charge on any atom is -0.301 e. The molecule has 0 bridgehead atoms. The summed E-state index contributed by atoms with van der Waals surface area (Å²) in [6.45, 7) is 2.30. The van der Waals surface area contributed by atoms with Crippen molar-refractivity contribution in [3.05, 3.63) is 0 Å². The summed E-state index contributed by atoms with van der Waals surface area (Å²) < 4.78 is 24.2. The highest BCUT2D eigenvalue weighted by molar-refractivity contribution is 5.06. The minimum atomic E-state index is -2.29. The predicted octanol–water partition coefficient (Wildman–Crippen LogP) is 2.00. The first-order valence-corrected chi connectivity index (χ1v) is 6.11. The first kappa shape index (κ1) is 14.3. The van der Waals surface area contributed by atoms with Crippen molar-refractivity contribution in [1.29, 1.82) is 5.26 Å². The summed E-state index contributed by atoms with van der Waals surface area (Å²) in [6.07, 6.45) is 1.46. The second-order valence-corrected chi connectivity index (χ2v) is 5.12. The van der Waals surface area contributed by atoms with Crippen molar-refractivity contribution in [1.82, 2.24) is 10.2 Å². The second kappa shape index (κ2) is 6.27. The van der Waals surface area contributed by atoms with E-state index < -0.39 is 12.0 Å². The van der Waals surface area contributed by atoms with Crippen LogP contribution in [-0.2, 0) is 0 Å². The van der Waals surface area contributed by atoms with Gasteiger partial charge in [0.05, 0.1) is 12.6 Å². The lowest BCUT2D eigenvalue weighted by molar-refractivity contribution is 0.0989. The number of nitriles is 1. The number of nitrogens with one attached hydrogen (secondary N) is 1. The first-order chi connectivity index (χ1) is 7.95. The summed E-state index contributed by atoms with van der Waals surface area (Å²) in [6, 6.07) is 2.77. The van der Waals surface area contributed by atoms with Crippen LogP contribution >= 0.6 is 0 Å². The Balaban J connectivity index is 2.20. The monoisotopic (exact) mass is 245 g/mol. The Morgan fingerprint density at radius 3 is 2.65 bits per heavy atom. The van der Waals surface area contributed by atoms with Crippen molar-refractivity contribution in [3.8, 4) is 6.07 Å². The lowest BCUT2D eigenvalue weighted by Crippen LogP contribution is -2.43. The number of rotatable bonds is 8. The fraction of sp³-hybridized carbons (Fsp3) is 0.917. The van der Waals surface area contributed by atoms with Gasteiger partial charge in [-0.1, -0.05) is 0 Å². The third kappa shape index (κ3) is 5.94. The van der Waals surface area contributed by atoms with Crippen LogP contribution in [0.25, 0.3) is 0 Å². The van der Waals surface area contributed by atoms with Crippen LogP contribution in [0.5, 0.6) is 0 Å². The van der Waals surface area contributed by atoms with Crippen LogP contribution in [0.2, 0.25) is 0 Å². The van der Waals surface area contributed by atoms with Gasteiger partial charge in [-0.15, -0.1) is 0 Å². The van der Waals surface area contributed by atoms with Gasteiger partial charge in [0.1, 0.15) is 5.54 Å². The molecule has 1 aliphatic carbocycles. The zero-order valence-electron chi connectivity index (χ0n) is 10.5. The molecule has 5 heteroatoms.